The number of thiazole rings is 1. The van der Waals surface area contributed by atoms with Gasteiger partial charge in [-0.1, -0.05) is 6.07 Å². The number of aryl methyl sites for hydroxylation is 1. The Balaban J connectivity index is 1.86. The second kappa shape index (κ2) is 9.89. The summed E-state index contributed by atoms with van der Waals surface area (Å²) in [5.41, 5.74) is 0.919. The summed E-state index contributed by atoms with van der Waals surface area (Å²) < 4.78 is 10.7. The molecule has 1 aromatic heterocycles. The Kier molecular flexibility index (Phi) is 7.51. The van der Waals surface area contributed by atoms with E-state index in [1.165, 1.54) is 4.88 Å². The van der Waals surface area contributed by atoms with Gasteiger partial charge in [-0.15, -0.1) is 11.3 Å². The second-order valence-corrected chi connectivity index (χ2v) is 6.46. The Labute approximate surface area is 146 Å². The van der Waals surface area contributed by atoms with Gasteiger partial charge < -0.3 is 20.1 Å². The van der Waals surface area contributed by atoms with Gasteiger partial charge in [0.05, 0.1) is 13.2 Å². The SMILES string of the molecule is CN=C(NCc1ncc(C)s1)Nc1cccc(OCCCOC)c1. The van der Waals surface area contributed by atoms with Crippen LogP contribution in [0.1, 0.15) is 16.3 Å². The molecule has 0 spiro atoms. The fourth-order valence-electron chi connectivity index (χ4n) is 2.02. The van der Waals surface area contributed by atoms with Crippen LogP contribution in [0.15, 0.2) is 35.5 Å². The van der Waals surface area contributed by atoms with E-state index < -0.39 is 0 Å². The zero-order valence-corrected chi connectivity index (χ0v) is 15.2. The predicted octanol–water partition coefficient (Wildman–Crippen LogP) is 3.05. The van der Waals surface area contributed by atoms with Gasteiger partial charge >= 0.3 is 0 Å². The minimum atomic E-state index is 0.633. The average molecular weight is 348 g/mol. The van der Waals surface area contributed by atoms with Gasteiger partial charge in [-0.05, 0) is 19.1 Å². The quantitative estimate of drug-likeness (QED) is 0.436. The molecule has 0 saturated heterocycles. The molecule has 0 unspecified atom stereocenters. The van der Waals surface area contributed by atoms with Gasteiger partial charge in [0.25, 0.3) is 0 Å². The zero-order chi connectivity index (χ0) is 17.2. The lowest BCUT2D eigenvalue weighted by Gasteiger charge is -2.12. The van der Waals surface area contributed by atoms with Crippen molar-refractivity contribution in [2.45, 2.75) is 19.9 Å². The lowest BCUT2D eigenvalue weighted by Crippen LogP contribution is -2.30. The van der Waals surface area contributed by atoms with E-state index in [4.69, 9.17) is 9.47 Å². The molecule has 2 rings (SSSR count). The third kappa shape index (κ3) is 6.17. The molecule has 24 heavy (non-hydrogen) atoms. The van der Waals surface area contributed by atoms with Crippen molar-refractivity contribution in [2.24, 2.45) is 4.99 Å². The van der Waals surface area contributed by atoms with Gasteiger partial charge in [0.2, 0.25) is 0 Å². The molecule has 0 aliphatic rings. The molecule has 1 heterocycles. The largest absolute Gasteiger partial charge is 0.493 e. The highest BCUT2D eigenvalue weighted by molar-refractivity contribution is 7.11. The summed E-state index contributed by atoms with van der Waals surface area (Å²) in [5, 5.41) is 7.55. The highest BCUT2D eigenvalue weighted by Gasteiger charge is 2.03. The number of methoxy groups -OCH3 is 1. The Morgan fingerprint density at radius 2 is 2.21 bits per heavy atom. The molecule has 7 heteroatoms. The topological polar surface area (TPSA) is 67.8 Å². The molecular weight excluding hydrogens is 324 g/mol. The van der Waals surface area contributed by atoms with E-state index in [9.17, 15) is 0 Å². The maximum absolute atomic E-state index is 5.71. The van der Waals surface area contributed by atoms with Gasteiger partial charge in [0, 0.05) is 50.0 Å². The molecule has 0 fully saturated rings. The van der Waals surface area contributed by atoms with Crippen molar-refractivity contribution < 1.29 is 9.47 Å². The maximum atomic E-state index is 5.71. The second-order valence-electron chi connectivity index (χ2n) is 5.14. The third-order valence-corrected chi connectivity index (χ3v) is 4.07. The molecule has 1 aromatic carbocycles. The molecule has 0 radical (unpaired) electrons. The van der Waals surface area contributed by atoms with E-state index >= 15 is 0 Å². The van der Waals surface area contributed by atoms with Crippen LogP contribution in [0.5, 0.6) is 5.75 Å². The van der Waals surface area contributed by atoms with Gasteiger partial charge in [0.1, 0.15) is 10.8 Å². The first-order valence-electron chi connectivity index (χ1n) is 7.82. The van der Waals surface area contributed by atoms with E-state index in [1.54, 1.807) is 25.5 Å². The molecule has 0 bridgehead atoms. The van der Waals surface area contributed by atoms with Crippen LogP contribution in [0.2, 0.25) is 0 Å². The number of guanidine groups is 1. The molecule has 130 valence electrons. The number of nitrogens with one attached hydrogen (secondary N) is 2. The fourth-order valence-corrected chi connectivity index (χ4v) is 2.74. The lowest BCUT2D eigenvalue weighted by atomic mass is 10.3. The first-order valence-corrected chi connectivity index (χ1v) is 8.63. The van der Waals surface area contributed by atoms with Crippen molar-refractivity contribution in [3.8, 4) is 5.75 Å². The molecule has 0 aliphatic carbocycles. The number of aliphatic imine (C=N–C) groups is 1. The van der Waals surface area contributed by atoms with Crippen LogP contribution in [-0.2, 0) is 11.3 Å². The van der Waals surface area contributed by atoms with E-state index in [1.807, 2.05) is 37.4 Å². The van der Waals surface area contributed by atoms with Crippen molar-refractivity contribution >= 4 is 23.0 Å². The number of anilines is 1. The molecule has 6 nitrogen and oxygen atoms in total. The van der Waals surface area contributed by atoms with Crippen molar-refractivity contribution in [2.75, 3.05) is 32.7 Å². The summed E-state index contributed by atoms with van der Waals surface area (Å²) in [6.07, 6.45) is 2.74. The summed E-state index contributed by atoms with van der Waals surface area (Å²) in [5.74, 6) is 1.52. The Morgan fingerprint density at radius 3 is 2.92 bits per heavy atom. The standard InChI is InChI=1S/C17H24N4O2S/c1-13-11-19-16(24-13)12-20-17(18-2)21-14-6-4-7-15(10-14)23-9-5-8-22-3/h4,6-7,10-11H,5,8-9,12H2,1-3H3,(H2,18,20,21). The molecule has 2 aromatic rings. The Bertz CT molecular complexity index is 658. The summed E-state index contributed by atoms with van der Waals surface area (Å²) in [4.78, 5) is 9.77. The molecule has 2 N–H and O–H groups in total. The summed E-state index contributed by atoms with van der Waals surface area (Å²) in [7, 11) is 3.43. The predicted molar refractivity (Wildman–Crippen MR) is 99.1 cm³/mol. The van der Waals surface area contributed by atoms with Crippen LogP contribution >= 0.6 is 11.3 Å². The first-order chi connectivity index (χ1) is 11.7. The van der Waals surface area contributed by atoms with Crippen LogP contribution in [0, 0.1) is 6.92 Å². The van der Waals surface area contributed by atoms with Gasteiger partial charge in [-0.3, -0.25) is 4.99 Å². The minimum Gasteiger partial charge on any atom is -0.493 e. The number of aromatic nitrogens is 1. The lowest BCUT2D eigenvalue weighted by molar-refractivity contribution is 0.172. The van der Waals surface area contributed by atoms with Crippen molar-refractivity contribution in [3.63, 3.8) is 0 Å². The average Bonchev–Trinajstić information content (AvgIpc) is 3.01. The van der Waals surface area contributed by atoms with E-state index in [0.717, 1.165) is 22.9 Å². The molecule has 0 aliphatic heterocycles. The van der Waals surface area contributed by atoms with E-state index in [2.05, 4.69) is 20.6 Å². The summed E-state index contributed by atoms with van der Waals surface area (Å²) >= 11 is 1.68. The van der Waals surface area contributed by atoms with Crippen molar-refractivity contribution in [1.29, 1.82) is 0 Å². The number of nitrogens with zero attached hydrogens (tertiary/aromatic N) is 2. The minimum absolute atomic E-state index is 0.633. The van der Waals surface area contributed by atoms with Gasteiger partial charge in [0.15, 0.2) is 5.96 Å². The van der Waals surface area contributed by atoms with E-state index in [-0.39, 0.29) is 0 Å². The smallest absolute Gasteiger partial charge is 0.195 e. The zero-order valence-electron chi connectivity index (χ0n) is 14.3. The van der Waals surface area contributed by atoms with Crippen LogP contribution in [0.3, 0.4) is 0 Å². The maximum Gasteiger partial charge on any atom is 0.195 e. The number of ether oxygens (including phenoxy) is 2. The highest BCUT2D eigenvalue weighted by Crippen LogP contribution is 2.17. The van der Waals surface area contributed by atoms with Crippen molar-refractivity contribution in [3.05, 3.63) is 40.3 Å². The molecule has 0 amide bonds. The fraction of sp³-hybridized carbons (Fsp3) is 0.412. The van der Waals surface area contributed by atoms with Crippen LogP contribution in [-0.4, -0.2) is 38.3 Å². The van der Waals surface area contributed by atoms with Crippen LogP contribution in [0.25, 0.3) is 0 Å². The Hall–Kier alpha value is -2.12. The van der Waals surface area contributed by atoms with Crippen LogP contribution in [0.4, 0.5) is 5.69 Å². The number of benzene rings is 1. The van der Waals surface area contributed by atoms with Crippen molar-refractivity contribution in [1.82, 2.24) is 10.3 Å². The number of hydrogen-bond acceptors (Lipinski definition) is 5. The summed E-state index contributed by atoms with van der Waals surface area (Å²) in [6.45, 7) is 4.02. The number of rotatable bonds is 8. The molecule has 0 atom stereocenters. The summed E-state index contributed by atoms with van der Waals surface area (Å²) in [6, 6.07) is 7.81. The molecule has 0 saturated carbocycles. The molecular formula is C17H24N4O2S. The van der Waals surface area contributed by atoms with Gasteiger partial charge in [-0.25, -0.2) is 4.98 Å². The van der Waals surface area contributed by atoms with E-state index in [0.29, 0.717) is 25.7 Å². The monoisotopic (exact) mass is 348 g/mol. The van der Waals surface area contributed by atoms with Gasteiger partial charge in [-0.2, -0.15) is 0 Å². The first kappa shape index (κ1) is 18.2. The number of hydrogen-bond donors (Lipinski definition) is 2. The third-order valence-electron chi connectivity index (χ3n) is 3.16. The van der Waals surface area contributed by atoms with Crippen LogP contribution < -0.4 is 15.4 Å². The Morgan fingerprint density at radius 1 is 1.33 bits per heavy atom. The highest BCUT2D eigenvalue weighted by atomic mass is 32.1. The normalized spacial score (nSPS) is 11.4.